The van der Waals surface area contributed by atoms with Crippen molar-refractivity contribution in [2.45, 2.75) is 63.2 Å². The SMILES string of the molecule is CC(NC(=O)C(Cc1cnc[nH]1)NC(=O)C(N)CCCCN)C(=O)NC(Cc1ccc(O)cc1)C(=O)O. The predicted octanol–water partition coefficient (Wildman–Crippen LogP) is -1.08. The summed E-state index contributed by atoms with van der Waals surface area (Å²) in [5.41, 5.74) is 12.6. The minimum atomic E-state index is -1.26. The Kier molecular flexibility index (Phi) is 11.5. The van der Waals surface area contributed by atoms with Crippen LogP contribution < -0.4 is 27.4 Å². The van der Waals surface area contributed by atoms with Crippen molar-refractivity contribution in [2.75, 3.05) is 6.54 Å². The van der Waals surface area contributed by atoms with Crippen molar-refractivity contribution in [1.29, 1.82) is 0 Å². The van der Waals surface area contributed by atoms with Gasteiger partial charge < -0.3 is 42.6 Å². The Balaban J connectivity index is 2.02. The number of nitrogens with zero attached hydrogens (tertiary/aromatic N) is 1. The molecule has 4 unspecified atom stereocenters. The summed E-state index contributed by atoms with van der Waals surface area (Å²) in [4.78, 5) is 56.7. The maximum Gasteiger partial charge on any atom is 0.326 e. The number of rotatable bonds is 15. The van der Waals surface area contributed by atoms with Gasteiger partial charge in [-0.3, -0.25) is 14.4 Å². The summed E-state index contributed by atoms with van der Waals surface area (Å²) in [6.07, 6.45) is 4.76. The number of phenolic OH excluding ortho intramolecular Hbond substituents is 1. The maximum absolute atomic E-state index is 13.0. The van der Waals surface area contributed by atoms with Crippen LogP contribution in [0.5, 0.6) is 5.75 Å². The van der Waals surface area contributed by atoms with E-state index in [4.69, 9.17) is 11.5 Å². The van der Waals surface area contributed by atoms with Crippen molar-refractivity contribution in [2.24, 2.45) is 11.5 Å². The van der Waals surface area contributed by atoms with Crippen molar-refractivity contribution >= 4 is 23.7 Å². The van der Waals surface area contributed by atoms with Gasteiger partial charge in [0.15, 0.2) is 0 Å². The third-order valence-corrected chi connectivity index (χ3v) is 5.66. The minimum Gasteiger partial charge on any atom is -0.508 e. The van der Waals surface area contributed by atoms with E-state index >= 15 is 0 Å². The van der Waals surface area contributed by atoms with Gasteiger partial charge in [-0.05, 0) is 44.0 Å². The van der Waals surface area contributed by atoms with Crippen molar-refractivity contribution in [3.8, 4) is 5.75 Å². The molecule has 0 saturated heterocycles. The number of aliphatic carboxylic acids is 1. The second-order valence-corrected chi connectivity index (χ2v) is 8.73. The van der Waals surface area contributed by atoms with Gasteiger partial charge in [0, 0.05) is 24.7 Å². The van der Waals surface area contributed by atoms with Gasteiger partial charge in [0.1, 0.15) is 23.9 Å². The van der Waals surface area contributed by atoms with E-state index < -0.39 is 47.9 Å². The zero-order valence-corrected chi connectivity index (χ0v) is 20.6. The summed E-state index contributed by atoms with van der Waals surface area (Å²) in [5.74, 6) is -3.11. The number of carbonyl (C=O) groups is 4. The molecule has 202 valence electrons. The summed E-state index contributed by atoms with van der Waals surface area (Å²) in [6.45, 7) is 1.89. The number of nitrogens with one attached hydrogen (secondary N) is 4. The second-order valence-electron chi connectivity index (χ2n) is 8.73. The molecule has 1 heterocycles. The number of carboxylic acids is 1. The van der Waals surface area contributed by atoms with Gasteiger partial charge in [-0.25, -0.2) is 9.78 Å². The van der Waals surface area contributed by atoms with E-state index in [0.717, 1.165) is 6.42 Å². The molecule has 0 fully saturated rings. The van der Waals surface area contributed by atoms with Crippen molar-refractivity contribution in [3.63, 3.8) is 0 Å². The predicted molar refractivity (Wildman–Crippen MR) is 134 cm³/mol. The lowest BCUT2D eigenvalue weighted by atomic mass is 10.1. The Morgan fingerprint density at radius 2 is 1.65 bits per heavy atom. The third kappa shape index (κ3) is 9.89. The third-order valence-electron chi connectivity index (χ3n) is 5.66. The zero-order valence-electron chi connectivity index (χ0n) is 20.6. The van der Waals surface area contributed by atoms with E-state index in [0.29, 0.717) is 30.6 Å². The van der Waals surface area contributed by atoms with Gasteiger partial charge in [-0.1, -0.05) is 18.6 Å². The summed E-state index contributed by atoms with van der Waals surface area (Å²) < 4.78 is 0. The topological polar surface area (TPSA) is 226 Å². The largest absolute Gasteiger partial charge is 0.508 e. The number of aromatic nitrogens is 2. The van der Waals surface area contributed by atoms with Gasteiger partial charge in [0.05, 0.1) is 12.4 Å². The summed E-state index contributed by atoms with van der Waals surface area (Å²) in [6, 6.07) is 1.67. The number of hydrogen-bond donors (Lipinski definition) is 8. The molecule has 0 aliphatic rings. The molecule has 0 aliphatic heterocycles. The molecule has 2 rings (SSSR count). The first-order valence-corrected chi connectivity index (χ1v) is 12.0. The number of hydrogen-bond acceptors (Lipinski definition) is 8. The van der Waals surface area contributed by atoms with Gasteiger partial charge in [0.25, 0.3) is 0 Å². The highest BCUT2D eigenvalue weighted by molar-refractivity contribution is 5.94. The molecule has 4 atom stereocenters. The van der Waals surface area contributed by atoms with Crippen LogP contribution in [0.2, 0.25) is 0 Å². The molecule has 3 amide bonds. The van der Waals surface area contributed by atoms with Crippen molar-refractivity contribution in [3.05, 3.63) is 48.0 Å². The van der Waals surface area contributed by atoms with Crippen LogP contribution in [0.4, 0.5) is 0 Å². The van der Waals surface area contributed by atoms with E-state index in [1.165, 1.54) is 31.6 Å². The molecular formula is C24H35N7O6. The highest BCUT2D eigenvalue weighted by atomic mass is 16.4. The highest BCUT2D eigenvalue weighted by Crippen LogP contribution is 2.11. The Hall–Kier alpha value is -3.97. The van der Waals surface area contributed by atoms with Crippen LogP contribution in [-0.2, 0) is 32.0 Å². The number of imidazole rings is 1. The van der Waals surface area contributed by atoms with Crippen LogP contribution in [0, 0.1) is 0 Å². The zero-order chi connectivity index (χ0) is 27.4. The van der Waals surface area contributed by atoms with Crippen LogP contribution >= 0.6 is 0 Å². The number of amides is 3. The van der Waals surface area contributed by atoms with E-state index in [9.17, 15) is 29.4 Å². The van der Waals surface area contributed by atoms with Crippen LogP contribution in [0.25, 0.3) is 0 Å². The second kappa shape index (κ2) is 14.6. The number of phenols is 1. The number of aromatic amines is 1. The fourth-order valence-electron chi connectivity index (χ4n) is 3.49. The Morgan fingerprint density at radius 3 is 2.24 bits per heavy atom. The normalized spacial score (nSPS) is 14.1. The monoisotopic (exact) mass is 517 g/mol. The standard InChI is InChI=1S/C24H35N7O6/c1-14(21(33)31-20(24(36)37)10-15-5-7-17(32)8-6-15)29-23(35)19(11-16-12-27-13-28-16)30-22(34)18(26)4-2-3-9-25/h5-8,12-14,18-20,32H,2-4,9-11,25-26H2,1H3,(H,27,28)(H,29,35)(H,30,34)(H,31,33)(H,36,37). The molecule has 37 heavy (non-hydrogen) atoms. The highest BCUT2D eigenvalue weighted by Gasteiger charge is 2.29. The van der Waals surface area contributed by atoms with E-state index in [-0.39, 0.29) is 18.6 Å². The van der Waals surface area contributed by atoms with Gasteiger partial charge in [0.2, 0.25) is 17.7 Å². The van der Waals surface area contributed by atoms with Gasteiger partial charge in [-0.2, -0.15) is 0 Å². The van der Waals surface area contributed by atoms with Crippen LogP contribution in [0.15, 0.2) is 36.8 Å². The molecule has 0 radical (unpaired) electrons. The number of carboxylic acid groups (broad SMARTS) is 1. The molecule has 1 aromatic heterocycles. The number of carbonyl (C=O) groups excluding carboxylic acids is 3. The quantitative estimate of drug-likeness (QED) is 0.134. The van der Waals surface area contributed by atoms with Gasteiger partial charge in [-0.15, -0.1) is 0 Å². The number of H-pyrrole nitrogens is 1. The number of benzene rings is 1. The fourth-order valence-corrected chi connectivity index (χ4v) is 3.49. The van der Waals surface area contributed by atoms with Crippen LogP contribution in [0.3, 0.4) is 0 Å². The van der Waals surface area contributed by atoms with Crippen molar-refractivity contribution < 1.29 is 29.4 Å². The number of aromatic hydroxyl groups is 1. The van der Waals surface area contributed by atoms with E-state index in [1.807, 2.05) is 0 Å². The lowest BCUT2D eigenvalue weighted by molar-refractivity contribution is -0.142. The first-order valence-electron chi connectivity index (χ1n) is 12.0. The molecule has 0 aliphatic carbocycles. The first kappa shape index (κ1) is 29.3. The molecule has 13 nitrogen and oxygen atoms in total. The first-order chi connectivity index (χ1) is 17.6. The Morgan fingerprint density at radius 1 is 0.973 bits per heavy atom. The van der Waals surface area contributed by atoms with Crippen LogP contribution in [-0.4, -0.2) is 74.6 Å². The average molecular weight is 518 g/mol. The smallest absolute Gasteiger partial charge is 0.326 e. The molecule has 0 bridgehead atoms. The summed E-state index contributed by atoms with van der Waals surface area (Å²) >= 11 is 0. The Bertz CT molecular complexity index is 1030. The minimum absolute atomic E-state index is 0.0252. The van der Waals surface area contributed by atoms with E-state index in [1.54, 1.807) is 12.1 Å². The fraction of sp³-hybridized carbons (Fsp3) is 0.458. The average Bonchev–Trinajstić information content (AvgIpc) is 3.37. The van der Waals surface area contributed by atoms with Gasteiger partial charge >= 0.3 is 5.97 Å². The molecule has 0 saturated carbocycles. The summed E-state index contributed by atoms with van der Waals surface area (Å²) in [5, 5.41) is 26.5. The van der Waals surface area contributed by atoms with E-state index in [2.05, 4.69) is 25.9 Å². The molecule has 13 heteroatoms. The molecule has 2 aromatic rings. The molecular weight excluding hydrogens is 482 g/mol. The van der Waals surface area contributed by atoms with Crippen molar-refractivity contribution in [1.82, 2.24) is 25.9 Å². The lowest BCUT2D eigenvalue weighted by Gasteiger charge is -2.23. The molecule has 1 aromatic carbocycles. The molecule has 0 spiro atoms. The number of unbranched alkanes of at least 4 members (excludes halogenated alkanes) is 1. The van der Waals surface area contributed by atoms with Crippen LogP contribution in [0.1, 0.15) is 37.4 Å². The summed E-state index contributed by atoms with van der Waals surface area (Å²) in [7, 11) is 0. The molecule has 10 N–H and O–H groups in total. The Labute approximate surface area is 214 Å². The maximum atomic E-state index is 13.0. The number of nitrogens with two attached hydrogens (primary N) is 2. The lowest BCUT2D eigenvalue weighted by Crippen LogP contribution is -2.57.